The number of benzene rings is 1. The fraction of sp³-hybridized carbons (Fsp3) is 0.632. The topological polar surface area (TPSA) is 26.8 Å². The van der Waals surface area contributed by atoms with Crippen molar-refractivity contribution in [1.82, 2.24) is 9.80 Å². The minimum absolute atomic E-state index is 0.277. The van der Waals surface area contributed by atoms with E-state index in [1.807, 2.05) is 11.9 Å². The van der Waals surface area contributed by atoms with Crippen LogP contribution in [0.1, 0.15) is 31.7 Å². The van der Waals surface area contributed by atoms with E-state index in [1.54, 1.807) is 0 Å². The van der Waals surface area contributed by atoms with E-state index in [0.29, 0.717) is 6.42 Å². The number of piperazine rings is 1. The largest absolute Gasteiger partial charge is 0.369 e. The maximum atomic E-state index is 12.1. The average molecular weight is 317 g/mol. The molecule has 0 aliphatic carbocycles. The summed E-state index contributed by atoms with van der Waals surface area (Å²) in [5, 5.41) is 0. The molecule has 4 nitrogen and oxygen atoms in total. The highest BCUT2D eigenvalue weighted by atomic mass is 16.2. The number of hydrogen-bond donors (Lipinski definition) is 0. The zero-order valence-corrected chi connectivity index (χ0v) is 14.9. The summed E-state index contributed by atoms with van der Waals surface area (Å²) in [4.78, 5) is 18.8. The molecular weight excluding hydrogens is 286 g/mol. The van der Waals surface area contributed by atoms with Crippen LogP contribution in [0.5, 0.6) is 0 Å². The number of hydrogen-bond acceptors (Lipinski definition) is 3. The van der Waals surface area contributed by atoms with Gasteiger partial charge in [0.2, 0.25) is 5.91 Å². The highest BCUT2D eigenvalue weighted by Crippen LogP contribution is 2.17. The first-order valence-corrected chi connectivity index (χ1v) is 8.88. The van der Waals surface area contributed by atoms with Gasteiger partial charge < -0.3 is 9.80 Å². The predicted octanol–water partition coefficient (Wildman–Crippen LogP) is 2.77. The summed E-state index contributed by atoms with van der Waals surface area (Å²) < 4.78 is 0. The third-order valence-electron chi connectivity index (χ3n) is 4.65. The molecule has 4 heteroatoms. The number of unbranched alkanes of at least 4 members (excludes halogenated alkanes) is 1. The van der Waals surface area contributed by atoms with Gasteiger partial charge in [-0.25, -0.2) is 0 Å². The van der Waals surface area contributed by atoms with Crippen molar-refractivity contribution >= 4 is 11.6 Å². The predicted molar refractivity (Wildman–Crippen MR) is 97.0 cm³/mol. The summed E-state index contributed by atoms with van der Waals surface area (Å²) in [7, 11) is 1.92. The zero-order valence-electron chi connectivity index (χ0n) is 14.9. The van der Waals surface area contributed by atoms with Crippen molar-refractivity contribution in [1.29, 1.82) is 0 Å². The Bertz CT molecular complexity index is 495. The molecule has 1 saturated heterocycles. The normalized spacial score (nSPS) is 15.7. The van der Waals surface area contributed by atoms with Crippen molar-refractivity contribution in [3.05, 3.63) is 29.8 Å². The van der Waals surface area contributed by atoms with E-state index >= 15 is 0 Å². The molecule has 0 N–H and O–H groups in total. The van der Waals surface area contributed by atoms with Crippen molar-refractivity contribution in [2.45, 2.75) is 33.1 Å². The first-order chi connectivity index (χ1) is 11.1. The highest BCUT2D eigenvalue weighted by Gasteiger charge is 2.18. The molecule has 0 radical (unpaired) electrons. The Kier molecular flexibility index (Phi) is 6.90. The summed E-state index contributed by atoms with van der Waals surface area (Å²) in [5.74, 6) is 0.277. The van der Waals surface area contributed by atoms with Crippen molar-refractivity contribution < 1.29 is 4.79 Å². The van der Waals surface area contributed by atoms with E-state index in [9.17, 15) is 4.79 Å². The van der Waals surface area contributed by atoms with Gasteiger partial charge in [-0.2, -0.15) is 0 Å². The van der Waals surface area contributed by atoms with Crippen LogP contribution in [-0.4, -0.2) is 62.0 Å². The third kappa shape index (κ3) is 5.54. The monoisotopic (exact) mass is 317 g/mol. The molecule has 0 spiro atoms. The number of aryl methyl sites for hydroxylation is 1. The number of nitrogens with zero attached hydrogens (tertiary/aromatic N) is 3. The molecule has 0 aromatic heterocycles. The average Bonchev–Trinajstić information content (AvgIpc) is 2.58. The lowest BCUT2D eigenvalue weighted by atomic mass is 10.2. The standard InChI is InChI=1S/C19H31N3O/c1-4-5-10-20(3)19(23)9-11-21-12-14-22(15-13-21)18-8-6-7-17(2)16-18/h6-8,16H,4-5,9-15H2,1-3H3. The molecule has 0 unspecified atom stereocenters. The molecule has 1 aliphatic heterocycles. The number of carbonyl (C=O) groups excluding carboxylic acids is 1. The van der Waals surface area contributed by atoms with E-state index in [1.165, 1.54) is 11.3 Å². The molecule has 23 heavy (non-hydrogen) atoms. The van der Waals surface area contributed by atoms with E-state index in [2.05, 4.69) is 47.9 Å². The van der Waals surface area contributed by atoms with Crippen LogP contribution in [0.3, 0.4) is 0 Å². The first kappa shape index (κ1) is 17.8. The molecule has 1 amide bonds. The van der Waals surface area contributed by atoms with Crippen molar-refractivity contribution in [2.24, 2.45) is 0 Å². The van der Waals surface area contributed by atoms with E-state index < -0.39 is 0 Å². The van der Waals surface area contributed by atoms with Crippen LogP contribution in [0.2, 0.25) is 0 Å². The van der Waals surface area contributed by atoms with Gasteiger partial charge in [-0.05, 0) is 31.0 Å². The smallest absolute Gasteiger partial charge is 0.223 e. The van der Waals surface area contributed by atoms with Gasteiger partial charge in [0.15, 0.2) is 0 Å². The van der Waals surface area contributed by atoms with Crippen LogP contribution in [0.15, 0.2) is 24.3 Å². The Labute approximate surface area is 141 Å². The lowest BCUT2D eigenvalue weighted by molar-refractivity contribution is -0.130. The molecule has 1 aromatic carbocycles. The van der Waals surface area contributed by atoms with Gasteiger partial charge in [0.05, 0.1) is 0 Å². The molecule has 1 aromatic rings. The van der Waals surface area contributed by atoms with E-state index in [0.717, 1.165) is 52.1 Å². The van der Waals surface area contributed by atoms with Gasteiger partial charge in [-0.3, -0.25) is 9.69 Å². The molecule has 0 atom stereocenters. The molecule has 0 bridgehead atoms. The van der Waals surface area contributed by atoms with Gasteiger partial charge >= 0.3 is 0 Å². The van der Waals surface area contributed by atoms with Crippen LogP contribution in [0.25, 0.3) is 0 Å². The Hall–Kier alpha value is -1.55. The van der Waals surface area contributed by atoms with Crippen molar-refractivity contribution in [3.8, 4) is 0 Å². The Morgan fingerprint density at radius 1 is 1.22 bits per heavy atom. The van der Waals surface area contributed by atoms with Gasteiger partial charge in [0.1, 0.15) is 0 Å². The summed E-state index contributed by atoms with van der Waals surface area (Å²) in [5.41, 5.74) is 2.63. The second-order valence-corrected chi connectivity index (χ2v) is 6.59. The van der Waals surface area contributed by atoms with Crippen LogP contribution < -0.4 is 4.90 Å². The fourth-order valence-electron chi connectivity index (χ4n) is 3.02. The van der Waals surface area contributed by atoms with Gasteiger partial charge in [0.25, 0.3) is 0 Å². The molecule has 128 valence electrons. The number of rotatable bonds is 7. The number of amides is 1. The van der Waals surface area contributed by atoms with Crippen molar-refractivity contribution in [2.75, 3.05) is 51.2 Å². The second kappa shape index (κ2) is 8.92. The zero-order chi connectivity index (χ0) is 16.7. The minimum atomic E-state index is 0.277. The fourth-order valence-corrected chi connectivity index (χ4v) is 3.02. The molecule has 1 heterocycles. The van der Waals surface area contributed by atoms with Crippen LogP contribution in [-0.2, 0) is 4.79 Å². The molecular formula is C19H31N3O. The quantitative estimate of drug-likeness (QED) is 0.774. The summed E-state index contributed by atoms with van der Waals surface area (Å²) in [6.07, 6.45) is 2.88. The van der Waals surface area contributed by atoms with E-state index in [4.69, 9.17) is 0 Å². The minimum Gasteiger partial charge on any atom is -0.369 e. The maximum absolute atomic E-state index is 12.1. The molecule has 1 aliphatic rings. The Morgan fingerprint density at radius 3 is 2.61 bits per heavy atom. The summed E-state index contributed by atoms with van der Waals surface area (Å²) >= 11 is 0. The SMILES string of the molecule is CCCCN(C)C(=O)CCN1CCN(c2cccc(C)c2)CC1. The highest BCUT2D eigenvalue weighted by molar-refractivity contribution is 5.76. The molecule has 0 saturated carbocycles. The number of anilines is 1. The lowest BCUT2D eigenvalue weighted by Crippen LogP contribution is -2.47. The molecule has 1 fully saturated rings. The first-order valence-electron chi connectivity index (χ1n) is 8.88. The second-order valence-electron chi connectivity index (χ2n) is 6.59. The van der Waals surface area contributed by atoms with Crippen molar-refractivity contribution in [3.63, 3.8) is 0 Å². The number of carbonyl (C=O) groups is 1. The Morgan fingerprint density at radius 2 is 1.96 bits per heavy atom. The van der Waals surface area contributed by atoms with Gasteiger partial charge in [0, 0.05) is 58.4 Å². The van der Waals surface area contributed by atoms with Crippen LogP contribution >= 0.6 is 0 Å². The van der Waals surface area contributed by atoms with Gasteiger partial charge in [-0.1, -0.05) is 25.5 Å². The van der Waals surface area contributed by atoms with E-state index in [-0.39, 0.29) is 5.91 Å². The third-order valence-corrected chi connectivity index (χ3v) is 4.65. The molecule has 2 rings (SSSR count). The Balaban J connectivity index is 1.71. The van der Waals surface area contributed by atoms with Crippen LogP contribution in [0, 0.1) is 6.92 Å². The van der Waals surface area contributed by atoms with Crippen LogP contribution in [0.4, 0.5) is 5.69 Å². The van der Waals surface area contributed by atoms with Gasteiger partial charge in [-0.15, -0.1) is 0 Å². The summed E-state index contributed by atoms with van der Waals surface area (Å²) in [6, 6.07) is 8.71. The lowest BCUT2D eigenvalue weighted by Gasteiger charge is -2.36. The summed E-state index contributed by atoms with van der Waals surface area (Å²) in [6.45, 7) is 10.2. The maximum Gasteiger partial charge on any atom is 0.223 e.